The van der Waals surface area contributed by atoms with Crippen LogP contribution >= 0.6 is 22.9 Å². The number of aliphatic hydroxyl groups is 1. The van der Waals surface area contributed by atoms with Gasteiger partial charge in [-0.15, -0.1) is 10.2 Å². The first-order valence-corrected chi connectivity index (χ1v) is 11.2. The highest BCUT2D eigenvalue weighted by Gasteiger charge is 2.35. The predicted molar refractivity (Wildman–Crippen MR) is 120 cm³/mol. The average molecular weight is 502 g/mol. The Labute approximate surface area is 198 Å². The van der Waals surface area contributed by atoms with Crippen molar-refractivity contribution in [2.45, 2.75) is 25.1 Å². The molecular formula is C22H23ClF3N3O3S. The lowest BCUT2D eigenvalue weighted by Crippen LogP contribution is -2.36. The molecule has 0 radical (unpaired) electrons. The van der Waals surface area contributed by atoms with E-state index in [1.54, 1.807) is 19.1 Å². The highest BCUT2D eigenvalue weighted by Crippen LogP contribution is 2.39. The molecule has 11 heteroatoms. The quantitative estimate of drug-likeness (QED) is 0.392. The first-order chi connectivity index (χ1) is 15.6. The van der Waals surface area contributed by atoms with E-state index in [0.717, 1.165) is 23.0 Å². The highest BCUT2D eigenvalue weighted by atomic mass is 35.5. The van der Waals surface area contributed by atoms with Crippen molar-refractivity contribution in [3.05, 3.63) is 63.6 Å². The molecule has 1 atom stereocenters. The maximum Gasteiger partial charge on any atom is 0.419 e. The van der Waals surface area contributed by atoms with E-state index in [9.17, 15) is 18.3 Å². The third kappa shape index (κ3) is 6.87. The topological polar surface area (TPSA) is 90.5 Å². The number of nitrogens with zero attached hydrogens (tertiary/aromatic N) is 2. The van der Waals surface area contributed by atoms with Gasteiger partial charge in [-0.2, -0.15) is 13.2 Å². The second-order valence-corrected chi connectivity index (χ2v) is 8.95. The molecule has 0 bridgehead atoms. The molecule has 0 aliphatic rings. The molecule has 3 rings (SSSR count). The van der Waals surface area contributed by atoms with Gasteiger partial charge in [-0.25, -0.2) is 0 Å². The van der Waals surface area contributed by atoms with E-state index in [-0.39, 0.29) is 36.1 Å². The van der Waals surface area contributed by atoms with Gasteiger partial charge in [0.25, 0.3) is 0 Å². The largest absolute Gasteiger partial charge is 0.491 e. The SMILES string of the molecule is C[C@](N)(CO)c1nnc(-c2ccc(OCCOCCc3ccc(Cl)cc3)c(C(F)(F)F)c2)s1. The molecule has 0 amide bonds. The average Bonchev–Trinajstić information content (AvgIpc) is 3.28. The van der Waals surface area contributed by atoms with Gasteiger partial charge in [0.15, 0.2) is 0 Å². The smallest absolute Gasteiger partial charge is 0.419 e. The van der Waals surface area contributed by atoms with Crippen LogP contribution < -0.4 is 10.5 Å². The summed E-state index contributed by atoms with van der Waals surface area (Å²) in [6.07, 6.45) is -3.97. The number of hydrogen-bond acceptors (Lipinski definition) is 7. The first kappa shape index (κ1) is 25.4. The molecule has 2 aromatic carbocycles. The number of halogens is 4. The van der Waals surface area contributed by atoms with E-state index in [4.69, 9.17) is 26.8 Å². The fourth-order valence-corrected chi connectivity index (χ4v) is 3.82. The number of hydrogen-bond donors (Lipinski definition) is 2. The molecule has 0 unspecified atom stereocenters. The van der Waals surface area contributed by atoms with Gasteiger partial charge >= 0.3 is 6.18 Å². The first-order valence-electron chi connectivity index (χ1n) is 10.0. The van der Waals surface area contributed by atoms with Crippen LogP contribution in [0, 0.1) is 0 Å². The van der Waals surface area contributed by atoms with Crippen molar-refractivity contribution >= 4 is 22.9 Å². The maximum atomic E-state index is 13.6. The molecule has 1 aromatic heterocycles. The van der Waals surface area contributed by atoms with Crippen molar-refractivity contribution in [1.82, 2.24) is 10.2 Å². The second-order valence-electron chi connectivity index (χ2n) is 7.53. The van der Waals surface area contributed by atoms with E-state index < -0.39 is 17.3 Å². The summed E-state index contributed by atoms with van der Waals surface area (Å²) in [6, 6.07) is 11.0. The van der Waals surface area contributed by atoms with Gasteiger partial charge < -0.3 is 20.3 Å². The summed E-state index contributed by atoms with van der Waals surface area (Å²) in [5, 5.41) is 18.4. The third-order valence-electron chi connectivity index (χ3n) is 4.71. The van der Waals surface area contributed by atoms with Crippen LogP contribution in [0.2, 0.25) is 5.02 Å². The summed E-state index contributed by atoms with van der Waals surface area (Å²) in [4.78, 5) is 0. The van der Waals surface area contributed by atoms with Crippen LogP contribution in [0.5, 0.6) is 5.75 Å². The minimum atomic E-state index is -4.62. The molecule has 1 heterocycles. The van der Waals surface area contributed by atoms with Crippen LogP contribution in [0.15, 0.2) is 42.5 Å². The van der Waals surface area contributed by atoms with Crippen molar-refractivity contribution in [2.75, 3.05) is 26.4 Å². The lowest BCUT2D eigenvalue weighted by molar-refractivity contribution is -0.139. The number of rotatable bonds is 10. The van der Waals surface area contributed by atoms with Crippen LogP contribution in [-0.2, 0) is 22.9 Å². The van der Waals surface area contributed by atoms with Crippen LogP contribution in [0.4, 0.5) is 13.2 Å². The van der Waals surface area contributed by atoms with Crippen molar-refractivity contribution in [2.24, 2.45) is 5.73 Å². The molecule has 178 valence electrons. The number of ether oxygens (including phenoxy) is 2. The molecule has 33 heavy (non-hydrogen) atoms. The minimum absolute atomic E-state index is 0.0337. The minimum Gasteiger partial charge on any atom is -0.491 e. The monoisotopic (exact) mass is 501 g/mol. The zero-order valence-electron chi connectivity index (χ0n) is 17.7. The molecule has 0 spiro atoms. The number of nitrogens with two attached hydrogens (primary N) is 1. The molecule has 0 fully saturated rings. The molecular weight excluding hydrogens is 479 g/mol. The molecule has 3 N–H and O–H groups in total. The second kappa shape index (κ2) is 10.8. The lowest BCUT2D eigenvalue weighted by atomic mass is 10.1. The molecule has 0 saturated carbocycles. The summed E-state index contributed by atoms with van der Waals surface area (Å²) in [7, 11) is 0. The zero-order valence-corrected chi connectivity index (χ0v) is 19.3. The van der Waals surface area contributed by atoms with Gasteiger partial charge in [-0.1, -0.05) is 35.1 Å². The zero-order chi connectivity index (χ0) is 24.1. The molecule has 3 aromatic rings. The van der Waals surface area contributed by atoms with Crippen molar-refractivity contribution < 1.29 is 27.8 Å². The van der Waals surface area contributed by atoms with Gasteiger partial charge in [0.2, 0.25) is 0 Å². The van der Waals surface area contributed by atoms with Crippen LogP contribution in [0.3, 0.4) is 0 Å². The molecule has 0 aliphatic carbocycles. The number of benzene rings is 2. The summed E-state index contributed by atoms with van der Waals surface area (Å²) in [5.41, 5.74) is 5.15. The van der Waals surface area contributed by atoms with E-state index in [1.807, 2.05) is 12.1 Å². The van der Waals surface area contributed by atoms with Crippen molar-refractivity contribution in [3.8, 4) is 16.3 Å². The van der Waals surface area contributed by atoms with E-state index in [0.29, 0.717) is 23.1 Å². The van der Waals surface area contributed by atoms with Gasteiger partial charge in [0, 0.05) is 10.6 Å². The Morgan fingerprint density at radius 3 is 2.45 bits per heavy atom. The standard InChI is InChI=1S/C22H23ClF3N3O3S/c1-21(27,13-30)20-29-28-19(33-20)15-4-7-18(17(12-15)22(24,25)26)32-11-10-31-9-8-14-2-5-16(23)6-3-14/h2-7,12,30H,8-11,13,27H2,1H3/t21-/m0/s1. The number of aliphatic hydroxyl groups excluding tert-OH is 1. The Morgan fingerprint density at radius 2 is 1.79 bits per heavy atom. The molecule has 6 nitrogen and oxygen atoms in total. The summed E-state index contributed by atoms with van der Waals surface area (Å²) in [6.45, 7) is 1.71. The number of alkyl halides is 3. The number of aromatic nitrogens is 2. The maximum absolute atomic E-state index is 13.6. The van der Waals surface area contributed by atoms with Crippen LogP contribution in [-0.4, -0.2) is 41.7 Å². The fourth-order valence-electron chi connectivity index (χ4n) is 2.80. The summed E-state index contributed by atoms with van der Waals surface area (Å²) < 4.78 is 51.7. The summed E-state index contributed by atoms with van der Waals surface area (Å²) >= 11 is 6.86. The molecule has 0 saturated heterocycles. The van der Waals surface area contributed by atoms with Crippen LogP contribution in [0.25, 0.3) is 10.6 Å². The van der Waals surface area contributed by atoms with Gasteiger partial charge in [-0.3, -0.25) is 0 Å². The summed E-state index contributed by atoms with van der Waals surface area (Å²) in [5.74, 6) is -0.295. The van der Waals surface area contributed by atoms with Crippen molar-refractivity contribution in [3.63, 3.8) is 0 Å². The Balaban J connectivity index is 1.61. The van der Waals surface area contributed by atoms with Gasteiger partial charge in [-0.05, 0) is 49.2 Å². The van der Waals surface area contributed by atoms with Crippen molar-refractivity contribution in [1.29, 1.82) is 0 Å². The molecule has 0 aliphatic heterocycles. The Bertz CT molecular complexity index is 1060. The van der Waals surface area contributed by atoms with E-state index in [1.165, 1.54) is 12.1 Å². The Morgan fingerprint density at radius 1 is 1.06 bits per heavy atom. The highest BCUT2D eigenvalue weighted by molar-refractivity contribution is 7.14. The van der Waals surface area contributed by atoms with Crippen LogP contribution in [0.1, 0.15) is 23.1 Å². The van der Waals surface area contributed by atoms with E-state index >= 15 is 0 Å². The predicted octanol–water partition coefficient (Wildman–Crippen LogP) is 4.68. The normalized spacial score (nSPS) is 13.7. The lowest BCUT2D eigenvalue weighted by Gasteiger charge is -2.17. The van der Waals surface area contributed by atoms with E-state index in [2.05, 4.69) is 10.2 Å². The van der Waals surface area contributed by atoms with Gasteiger partial charge in [0.1, 0.15) is 22.4 Å². The van der Waals surface area contributed by atoms with Gasteiger partial charge in [0.05, 0.1) is 30.9 Å². The fraction of sp³-hybridized carbons (Fsp3) is 0.364. The Hall–Kier alpha value is -2.24. The Kier molecular flexibility index (Phi) is 8.30. The third-order valence-corrected chi connectivity index (χ3v) is 6.21.